The summed E-state index contributed by atoms with van der Waals surface area (Å²) in [6.07, 6.45) is 0. The van der Waals surface area contributed by atoms with Crippen molar-refractivity contribution in [3.63, 3.8) is 0 Å². The number of hydrogen-bond donors (Lipinski definition) is 0. The van der Waals surface area contributed by atoms with Crippen molar-refractivity contribution in [2.75, 3.05) is 7.11 Å². The molecule has 0 bridgehead atoms. The Morgan fingerprint density at radius 3 is 3.05 bits per heavy atom. The summed E-state index contributed by atoms with van der Waals surface area (Å²) in [7, 11) is 1.31. The highest BCUT2D eigenvalue weighted by molar-refractivity contribution is 7.98. The summed E-state index contributed by atoms with van der Waals surface area (Å²) < 4.78 is 5.94. The van der Waals surface area contributed by atoms with Crippen molar-refractivity contribution < 1.29 is 9.53 Å². The molecule has 20 heavy (non-hydrogen) atoms. The number of esters is 1. The summed E-state index contributed by atoms with van der Waals surface area (Å²) in [5.74, 6) is 0.127. The predicted octanol–water partition coefficient (Wildman–Crippen LogP) is 1.01. The van der Waals surface area contributed by atoms with Gasteiger partial charge in [-0.3, -0.25) is 4.79 Å². The van der Waals surface area contributed by atoms with Crippen LogP contribution in [0.25, 0.3) is 0 Å². The molecule has 0 fully saturated rings. The first-order valence-electron chi connectivity index (χ1n) is 5.68. The zero-order chi connectivity index (χ0) is 14.4. The van der Waals surface area contributed by atoms with E-state index in [0.717, 1.165) is 5.56 Å². The second-order valence-corrected chi connectivity index (χ2v) is 4.70. The van der Waals surface area contributed by atoms with Gasteiger partial charge in [0.25, 0.3) is 0 Å². The second kappa shape index (κ2) is 6.68. The second-order valence-electron chi connectivity index (χ2n) is 3.75. The first kappa shape index (κ1) is 14.0. The van der Waals surface area contributed by atoms with Crippen molar-refractivity contribution in [1.82, 2.24) is 20.2 Å². The fraction of sp³-hybridized carbons (Fsp3) is 0.250. The Bertz CT molecular complexity index is 649. The van der Waals surface area contributed by atoms with Crippen LogP contribution in [0.1, 0.15) is 11.1 Å². The molecule has 0 unspecified atom stereocenters. The highest BCUT2D eigenvalue weighted by Crippen LogP contribution is 2.21. The molecule has 0 atom stereocenters. The standard InChI is InChI=1S/C12H11N5O2S/c1-19-11(18)7-17-12(14-15-16-17)20-8-10-5-3-2-4-9(10)6-13/h2-5H,7-8H2,1H3. The average Bonchev–Trinajstić information content (AvgIpc) is 2.92. The summed E-state index contributed by atoms with van der Waals surface area (Å²) in [6.45, 7) is -0.0360. The van der Waals surface area contributed by atoms with Crippen LogP contribution in [-0.2, 0) is 21.8 Å². The molecule has 7 nitrogen and oxygen atoms in total. The molecule has 0 aliphatic heterocycles. The van der Waals surface area contributed by atoms with Crippen LogP contribution in [0.4, 0.5) is 0 Å². The van der Waals surface area contributed by atoms with Crippen LogP contribution in [0, 0.1) is 11.3 Å². The van der Waals surface area contributed by atoms with E-state index in [1.165, 1.54) is 23.6 Å². The van der Waals surface area contributed by atoms with Gasteiger partial charge in [-0.2, -0.15) is 5.26 Å². The van der Waals surface area contributed by atoms with Gasteiger partial charge in [0, 0.05) is 5.75 Å². The van der Waals surface area contributed by atoms with E-state index in [1.54, 1.807) is 6.07 Å². The van der Waals surface area contributed by atoms with E-state index in [0.29, 0.717) is 16.5 Å². The summed E-state index contributed by atoms with van der Waals surface area (Å²) in [4.78, 5) is 11.2. The maximum atomic E-state index is 11.2. The number of rotatable bonds is 5. The lowest BCUT2D eigenvalue weighted by Crippen LogP contribution is -2.13. The molecule has 0 aliphatic rings. The number of methoxy groups -OCH3 is 1. The van der Waals surface area contributed by atoms with E-state index in [2.05, 4.69) is 26.3 Å². The van der Waals surface area contributed by atoms with Crippen LogP contribution in [-0.4, -0.2) is 33.3 Å². The lowest BCUT2D eigenvalue weighted by atomic mass is 10.1. The number of thioether (sulfide) groups is 1. The number of aromatic nitrogens is 4. The minimum absolute atomic E-state index is 0.0360. The third-order valence-electron chi connectivity index (χ3n) is 2.50. The average molecular weight is 289 g/mol. The van der Waals surface area contributed by atoms with Gasteiger partial charge in [0.05, 0.1) is 18.7 Å². The Labute approximate surface area is 119 Å². The number of tetrazole rings is 1. The number of hydrogen-bond acceptors (Lipinski definition) is 7. The zero-order valence-electron chi connectivity index (χ0n) is 10.7. The van der Waals surface area contributed by atoms with E-state index >= 15 is 0 Å². The van der Waals surface area contributed by atoms with Gasteiger partial charge in [-0.15, -0.1) is 5.10 Å². The molecule has 1 aromatic heterocycles. The normalized spacial score (nSPS) is 10.0. The van der Waals surface area contributed by atoms with Gasteiger partial charge in [-0.25, -0.2) is 4.68 Å². The minimum Gasteiger partial charge on any atom is -0.468 e. The van der Waals surface area contributed by atoms with Crippen molar-refractivity contribution in [3.8, 4) is 6.07 Å². The molecule has 0 radical (unpaired) electrons. The van der Waals surface area contributed by atoms with E-state index in [9.17, 15) is 4.79 Å². The van der Waals surface area contributed by atoms with Gasteiger partial charge in [0.2, 0.25) is 5.16 Å². The summed E-state index contributed by atoms with van der Waals surface area (Å²) >= 11 is 1.36. The first-order valence-corrected chi connectivity index (χ1v) is 6.67. The maximum absolute atomic E-state index is 11.2. The molecule has 0 aliphatic carbocycles. The predicted molar refractivity (Wildman–Crippen MR) is 70.6 cm³/mol. The summed E-state index contributed by atoms with van der Waals surface area (Å²) in [6, 6.07) is 9.45. The van der Waals surface area contributed by atoms with Crippen LogP contribution < -0.4 is 0 Å². The van der Waals surface area contributed by atoms with Gasteiger partial charge < -0.3 is 4.74 Å². The van der Waals surface area contributed by atoms with Crippen molar-refractivity contribution in [1.29, 1.82) is 5.26 Å². The van der Waals surface area contributed by atoms with Gasteiger partial charge >= 0.3 is 5.97 Å². The zero-order valence-corrected chi connectivity index (χ0v) is 11.5. The fourth-order valence-electron chi connectivity index (χ4n) is 1.48. The molecule has 1 aromatic carbocycles. The highest BCUT2D eigenvalue weighted by Gasteiger charge is 2.12. The summed E-state index contributed by atoms with van der Waals surface area (Å²) in [5.41, 5.74) is 1.51. The van der Waals surface area contributed by atoms with Gasteiger partial charge in [-0.1, -0.05) is 30.0 Å². The number of carbonyl (C=O) groups is 1. The largest absolute Gasteiger partial charge is 0.468 e. The van der Waals surface area contributed by atoms with E-state index in [1.807, 2.05) is 18.2 Å². The van der Waals surface area contributed by atoms with Gasteiger partial charge in [0.1, 0.15) is 6.54 Å². The minimum atomic E-state index is -0.420. The van der Waals surface area contributed by atoms with Crippen LogP contribution in [0.3, 0.4) is 0 Å². The monoisotopic (exact) mass is 289 g/mol. The Hall–Kier alpha value is -2.40. The molecule has 102 valence electrons. The number of nitrogens with zero attached hydrogens (tertiary/aromatic N) is 5. The first-order chi connectivity index (χ1) is 9.74. The molecule has 0 saturated heterocycles. The number of nitriles is 1. The Kier molecular flexibility index (Phi) is 4.68. The lowest BCUT2D eigenvalue weighted by molar-refractivity contribution is -0.141. The smallest absolute Gasteiger partial charge is 0.327 e. The van der Waals surface area contributed by atoms with Crippen LogP contribution >= 0.6 is 11.8 Å². The highest BCUT2D eigenvalue weighted by atomic mass is 32.2. The van der Waals surface area contributed by atoms with Crippen molar-refractivity contribution in [2.45, 2.75) is 17.5 Å². The van der Waals surface area contributed by atoms with Crippen molar-refractivity contribution in [2.24, 2.45) is 0 Å². The Morgan fingerprint density at radius 2 is 2.30 bits per heavy atom. The number of benzene rings is 1. The van der Waals surface area contributed by atoms with Crippen molar-refractivity contribution >= 4 is 17.7 Å². The number of carbonyl (C=O) groups excluding carboxylic acids is 1. The maximum Gasteiger partial charge on any atom is 0.327 e. The molecule has 0 amide bonds. The molecule has 0 saturated carbocycles. The lowest BCUT2D eigenvalue weighted by Gasteiger charge is -2.04. The Morgan fingerprint density at radius 1 is 1.50 bits per heavy atom. The molecule has 1 heterocycles. The SMILES string of the molecule is COC(=O)Cn1nnnc1SCc1ccccc1C#N. The quantitative estimate of drug-likeness (QED) is 0.599. The van der Waals surface area contributed by atoms with Crippen LogP contribution in [0.15, 0.2) is 29.4 Å². The molecule has 2 aromatic rings. The third kappa shape index (κ3) is 3.33. The summed E-state index contributed by atoms with van der Waals surface area (Å²) in [5, 5.41) is 20.6. The Balaban J connectivity index is 2.06. The molecule has 0 N–H and O–H groups in total. The van der Waals surface area contributed by atoms with Crippen LogP contribution in [0.2, 0.25) is 0 Å². The van der Waals surface area contributed by atoms with Gasteiger partial charge in [0.15, 0.2) is 0 Å². The topological polar surface area (TPSA) is 93.7 Å². The van der Waals surface area contributed by atoms with Crippen LogP contribution in [0.5, 0.6) is 0 Å². The van der Waals surface area contributed by atoms with E-state index < -0.39 is 5.97 Å². The molecular weight excluding hydrogens is 278 g/mol. The fourth-order valence-corrected chi connectivity index (χ4v) is 2.36. The van der Waals surface area contributed by atoms with E-state index in [-0.39, 0.29) is 6.54 Å². The molecule has 0 spiro atoms. The molecule has 8 heteroatoms. The van der Waals surface area contributed by atoms with Gasteiger partial charge in [-0.05, 0) is 22.1 Å². The third-order valence-corrected chi connectivity index (χ3v) is 3.51. The van der Waals surface area contributed by atoms with Crippen molar-refractivity contribution in [3.05, 3.63) is 35.4 Å². The number of ether oxygens (including phenoxy) is 1. The molecule has 2 rings (SSSR count). The molecular formula is C12H11N5O2S. The van der Waals surface area contributed by atoms with E-state index in [4.69, 9.17) is 5.26 Å².